The second-order valence-electron chi connectivity index (χ2n) is 6.06. The van der Waals surface area contributed by atoms with Crippen LogP contribution in [0.25, 0.3) is 0 Å². The van der Waals surface area contributed by atoms with Gasteiger partial charge in [-0.15, -0.1) is 10.2 Å². The number of carbonyl (C=O) groups is 2. The molecule has 0 saturated carbocycles. The molecule has 0 aromatic carbocycles. The second-order valence-corrected chi connectivity index (χ2v) is 8.10. The summed E-state index contributed by atoms with van der Waals surface area (Å²) in [6.07, 6.45) is 1.92. The molecule has 0 bridgehead atoms. The molecule has 9 nitrogen and oxygen atoms in total. The molecular formula is C16H21N5O4S2. The van der Waals surface area contributed by atoms with Crippen LogP contribution in [0.4, 0.5) is 10.3 Å². The lowest BCUT2D eigenvalue weighted by molar-refractivity contribution is -0.116. The maximum Gasteiger partial charge on any atom is 0.269 e. The molecule has 1 aliphatic heterocycles. The summed E-state index contributed by atoms with van der Waals surface area (Å²) in [6, 6.07) is 0. The third kappa shape index (κ3) is 4.86. The molecule has 3 heterocycles. The van der Waals surface area contributed by atoms with Crippen molar-refractivity contribution >= 4 is 44.8 Å². The van der Waals surface area contributed by atoms with Gasteiger partial charge in [-0.25, -0.2) is 4.98 Å². The monoisotopic (exact) mass is 411 g/mol. The number of carbonyl (C=O) groups excluding carboxylic acids is 2. The van der Waals surface area contributed by atoms with Crippen molar-refractivity contribution in [2.24, 2.45) is 0 Å². The molecule has 0 spiro atoms. The van der Waals surface area contributed by atoms with Crippen LogP contribution < -0.4 is 10.2 Å². The molecule has 0 radical (unpaired) electrons. The molecule has 11 heteroatoms. The molecule has 1 saturated heterocycles. The van der Waals surface area contributed by atoms with Crippen LogP contribution in [0.2, 0.25) is 0 Å². The summed E-state index contributed by atoms with van der Waals surface area (Å²) in [7, 11) is 1.57. The number of nitrogens with one attached hydrogen (secondary N) is 1. The fraction of sp³-hybridized carbons (Fsp3) is 0.562. The van der Waals surface area contributed by atoms with Crippen LogP contribution >= 0.6 is 22.7 Å². The molecule has 27 heavy (non-hydrogen) atoms. The topological polar surface area (TPSA) is 107 Å². The Morgan fingerprint density at radius 3 is 2.85 bits per heavy atom. The Morgan fingerprint density at radius 2 is 2.19 bits per heavy atom. The molecule has 2 aromatic heterocycles. The van der Waals surface area contributed by atoms with E-state index < -0.39 is 0 Å². The summed E-state index contributed by atoms with van der Waals surface area (Å²) in [5, 5.41) is 12.2. The molecule has 2 amide bonds. The first kappa shape index (κ1) is 19.8. The first-order valence-corrected chi connectivity index (χ1v) is 10.1. The number of amides is 2. The number of anilines is 2. The Bertz CT molecular complexity index is 816. The number of hydrogen-bond donors (Lipinski definition) is 1. The van der Waals surface area contributed by atoms with Crippen molar-refractivity contribution < 1.29 is 19.1 Å². The average Bonchev–Trinajstić information content (AvgIpc) is 3.34. The maximum atomic E-state index is 12.6. The lowest BCUT2D eigenvalue weighted by atomic mass is 10.2. The number of thiazole rings is 1. The maximum absolute atomic E-state index is 12.6. The van der Waals surface area contributed by atoms with Crippen LogP contribution in [0.3, 0.4) is 0 Å². The highest BCUT2D eigenvalue weighted by atomic mass is 32.1. The SMILES string of the molecule is COCc1nnc(NC(=O)c2sc(N(CC3CCCO3)C(C)=O)nc2C)s1. The first-order valence-electron chi connectivity index (χ1n) is 8.47. The van der Waals surface area contributed by atoms with Crippen molar-refractivity contribution in [2.75, 3.05) is 30.5 Å². The number of aryl methyl sites for hydroxylation is 1. The van der Waals surface area contributed by atoms with Crippen LogP contribution in [0.15, 0.2) is 0 Å². The van der Waals surface area contributed by atoms with E-state index >= 15 is 0 Å². The Morgan fingerprint density at radius 1 is 1.37 bits per heavy atom. The Kier molecular flexibility index (Phi) is 6.47. The minimum absolute atomic E-state index is 0.0102. The molecule has 1 unspecified atom stereocenters. The van der Waals surface area contributed by atoms with Gasteiger partial charge >= 0.3 is 0 Å². The van der Waals surface area contributed by atoms with E-state index in [4.69, 9.17) is 9.47 Å². The van der Waals surface area contributed by atoms with Crippen molar-refractivity contribution in [2.45, 2.75) is 39.4 Å². The number of hydrogen-bond acceptors (Lipinski definition) is 9. The van der Waals surface area contributed by atoms with Gasteiger partial charge in [0, 0.05) is 20.6 Å². The minimum atomic E-state index is -0.322. The van der Waals surface area contributed by atoms with E-state index in [1.807, 2.05) is 0 Å². The number of nitrogens with zero attached hydrogens (tertiary/aromatic N) is 4. The van der Waals surface area contributed by atoms with E-state index in [2.05, 4.69) is 20.5 Å². The molecule has 2 aromatic rings. The molecule has 3 rings (SSSR count). The van der Waals surface area contributed by atoms with Gasteiger partial charge in [0.2, 0.25) is 11.0 Å². The predicted octanol–water partition coefficient (Wildman–Crippen LogP) is 2.23. The van der Waals surface area contributed by atoms with E-state index in [-0.39, 0.29) is 17.9 Å². The number of aromatic nitrogens is 3. The van der Waals surface area contributed by atoms with Gasteiger partial charge in [-0.3, -0.25) is 19.8 Å². The summed E-state index contributed by atoms with van der Waals surface area (Å²) >= 11 is 2.43. The molecule has 0 aliphatic carbocycles. The van der Waals surface area contributed by atoms with Gasteiger partial charge in [0.15, 0.2) is 5.13 Å². The molecule has 1 aliphatic rings. The second kappa shape index (κ2) is 8.83. The van der Waals surface area contributed by atoms with E-state index in [9.17, 15) is 9.59 Å². The molecule has 1 fully saturated rings. The van der Waals surface area contributed by atoms with Crippen LogP contribution in [0, 0.1) is 6.92 Å². The van der Waals surface area contributed by atoms with E-state index in [0.29, 0.717) is 45.6 Å². The van der Waals surface area contributed by atoms with Crippen LogP contribution in [0.5, 0.6) is 0 Å². The molecule has 146 valence electrons. The van der Waals surface area contributed by atoms with Crippen molar-refractivity contribution in [3.8, 4) is 0 Å². The van der Waals surface area contributed by atoms with Gasteiger partial charge in [0.1, 0.15) is 16.5 Å². The van der Waals surface area contributed by atoms with Gasteiger partial charge in [-0.05, 0) is 19.8 Å². The Balaban J connectivity index is 1.73. The van der Waals surface area contributed by atoms with Crippen LogP contribution in [-0.2, 0) is 20.9 Å². The van der Waals surface area contributed by atoms with Crippen LogP contribution in [-0.4, -0.2) is 53.4 Å². The van der Waals surface area contributed by atoms with Gasteiger partial charge in [-0.1, -0.05) is 22.7 Å². The fourth-order valence-corrected chi connectivity index (χ4v) is 4.40. The lowest BCUT2D eigenvalue weighted by Gasteiger charge is -2.21. The number of rotatable bonds is 7. The smallest absolute Gasteiger partial charge is 0.269 e. The predicted molar refractivity (Wildman–Crippen MR) is 102 cm³/mol. The Hall–Kier alpha value is -1.95. The van der Waals surface area contributed by atoms with Crippen molar-refractivity contribution in [1.29, 1.82) is 0 Å². The first-order chi connectivity index (χ1) is 13.0. The highest BCUT2D eigenvalue weighted by molar-refractivity contribution is 7.18. The lowest BCUT2D eigenvalue weighted by Crippen LogP contribution is -2.35. The quantitative estimate of drug-likeness (QED) is 0.744. The summed E-state index contributed by atoms with van der Waals surface area (Å²) in [5.74, 6) is -0.448. The minimum Gasteiger partial charge on any atom is -0.377 e. The average molecular weight is 412 g/mol. The summed E-state index contributed by atoms with van der Waals surface area (Å²) in [4.78, 5) is 31.1. The summed E-state index contributed by atoms with van der Waals surface area (Å²) in [5.41, 5.74) is 0.563. The van der Waals surface area contributed by atoms with Gasteiger partial charge in [0.25, 0.3) is 5.91 Å². The van der Waals surface area contributed by atoms with Crippen LogP contribution in [0.1, 0.15) is 40.1 Å². The van der Waals surface area contributed by atoms with E-state index in [0.717, 1.165) is 12.8 Å². The number of ether oxygens (including phenoxy) is 2. The van der Waals surface area contributed by atoms with Gasteiger partial charge in [0.05, 0.1) is 18.3 Å². The summed E-state index contributed by atoms with van der Waals surface area (Å²) < 4.78 is 10.6. The van der Waals surface area contributed by atoms with E-state index in [1.165, 1.54) is 29.6 Å². The largest absolute Gasteiger partial charge is 0.377 e. The normalized spacial score (nSPS) is 16.5. The van der Waals surface area contributed by atoms with Crippen molar-refractivity contribution in [3.05, 3.63) is 15.6 Å². The zero-order chi connectivity index (χ0) is 19.4. The van der Waals surface area contributed by atoms with Crippen molar-refractivity contribution in [3.63, 3.8) is 0 Å². The third-order valence-corrected chi connectivity index (χ3v) is 5.96. The highest BCUT2D eigenvalue weighted by Gasteiger charge is 2.26. The molecule has 1 atom stereocenters. The zero-order valence-corrected chi connectivity index (χ0v) is 17.0. The fourth-order valence-electron chi connectivity index (χ4n) is 2.68. The highest BCUT2D eigenvalue weighted by Crippen LogP contribution is 2.29. The Labute approximate surface area is 164 Å². The number of methoxy groups -OCH3 is 1. The van der Waals surface area contributed by atoms with Gasteiger partial charge < -0.3 is 9.47 Å². The molecular weight excluding hydrogens is 390 g/mol. The molecule has 1 N–H and O–H groups in total. The standard InChI is InChI=1S/C16H21N5O4S2/c1-9-13(14(23)18-15-20-19-12(26-15)8-24-3)27-16(17-9)21(10(2)22)7-11-5-4-6-25-11/h11H,4-8H2,1-3H3,(H,18,20,23). The van der Waals surface area contributed by atoms with E-state index in [1.54, 1.807) is 18.9 Å². The van der Waals surface area contributed by atoms with Gasteiger partial charge in [-0.2, -0.15) is 0 Å². The van der Waals surface area contributed by atoms with Crippen molar-refractivity contribution in [1.82, 2.24) is 15.2 Å². The zero-order valence-electron chi connectivity index (χ0n) is 15.4. The third-order valence-electron chi connectivity index (χ3n) is 3.97. The summed E-state index contributed by atoms with van der Waals surface area (Å²) in [6.45, 7) is 4.74.